The van der Waals surface area contributed by atoms with Crippen molar-refractivity contribution in [3.8, 4) is 11.5 Å². The van der Waals surface area contributed by atoms with Gasteiger partial charge in [0.05, 0.1) is 23.6 Å². The molecule has 21 heavy (non-hydrogen) atoms. The Balaban J connectivity index is 1.92. The van der Waals surface area contributed by atoms with Crippen molar-refractivity contribution in [2.45, 2.75) is 12.5 Å². The predicted octanol–water partition coefficient (Wildman–Crippen LogP) is 0.993. The lowest BCUT2D eigenvalue weighted by Gasteiger charge is -2.09. The third kappa shape index (κ3) is 2.49. The summed E-state index contributed by atoms with van der Waals surface area (Å²) in [5, 5.41) is 14.8. The molecule has 2 N–H and O–H groups in total. The SMILES string of the molecule is Nc1cc(-c2ccc([N+](=O)[O-])o2)nn1C1CCS(=O)(=O)C1. The van der Waals surface area contributed by atoms with Crippen LogP contribution >= 0.6 is 0 Å². The number of anilines is 1. The Morgan fingerprint density at radius 1 is 1.48 bits per heavy atom. The first-order valence-corrected chi connectivity index (χ1v) is 7.98. The van der Waals surface area contributed by atoms with Crippen molar-refractivity contribution in [2.75, 3.05) is 17.2 Å². The van der Waals surface area contributed by atoms with E-state index >= 15 is 0 Å². The number of nitrogens with zero attached hydrogens (tertiary/aromatic N) is 3. The van der Waals surface area contributed by atoms with Gasteiger partial charge in [0.15, 0.2) is 15.6 Å². The molecule has 1 atom stereocenters. The van der Waals surface area contributed by atoms with E-state index in [1.54, 1.807) is 0 Å². The van der Waals surface area contributed by atoms with Gasteiger partial charge in [-0.15, -0.1) is 0 Å². The van der Waals surface area contributed by atoms with Gasteiger partial charge < -0.3 is 10.2 Å². The van der Waals surface area contributed by atoms with Gasteiger partial charge in [-0.3, -0.25) is 10.1 Å². The Hall–Kier alpha value is -2.36. The highest BCUT2D eigenvalue weighted by Crippen LogP contribution is 2.30. The molecule has 0 radical (unpaired) electrons. The Morgan fingerprint density at radius 2 is 2.24 bits per heavy atom. The summed E-state index contributed by atoms with van der Waals surface area (Å²) in [4.78, 5) is 9.95. The Kier molecular flexibility index (Phi) is 2.97. The molecule has 1 saturated heterocycles. The van der Waals surface area contributed by atoms with E-state index in [2.05, 4.69) is 5.10 Å². The lowest BCUT2D eigenvalue weighted by Crippen LogP contribution is -2.14. The fourth-order valence-electron chi connectivity index (χ4n) is 2.35. The van der Waals surface area contributed by atoms with Crippen LogP contribution in [0.4, 0.5) is 11.7 Å². The Morgan fingerprint density at radius 3 is 2.81 bits per heavy atom. The smallest absolute Gasteiger partial charge is 0.399 e. The van der Waals surface area contributed by atoms with Crippen molar-refractivity contribution in [3.63, 3.8) is 0 Å². The number of rotatable bonds is 3. The second-order valence-electron chi connectivity index (χ2n) is 4.85. The number of sulfone groups is 1. The Bertz CT molecular complexity index is 806. The molecule has 1 aliphatic heterocycles. The number of hydrogen-bond acceptors (Lipinski definition) is 7. The molecular weight excluding hydrogens is 300 g/mol. The van der Waals surface area contributed by atoms with E-state index in [4.69, 9.17) is 10.2 Å². The molecule has 1 unspecified atom stereocenters. The summed E-state index contributed by atoms with van der Waals surface area (Å²) in [5.74, 6) is 0.232. The molecule has 112 valence electrons. The Labute approximate surface area is 119 Å². The van der Waals surface area contributed by atoms with Gasteiger partial charge in [-0.1, -0.05) is 0 Å². The molecule has 2 aromatic rings. The third-order valence-corrected chi connectivity index (χ3v) is 5.09. The largest absolute Gasteiger partial charge is 0.433 e. The zero-order valence-corrected chi connectivity index (χ0v) is 11.6. The molecule has 2 aromatic heterocycles. The number of aromatic nitrogens is 2. The van der Waals surface area contributed by atoms with Crippen molar-refractivity contribution >= 4 is 21.5 Å². The number of nitrogens with two attached hydrogens (primary N) is 1. The first kappa shape index (κ1) is 13.6. The third-order valence-electron chi connectivity index (χ3n) is 3.34. The van der Waals surface area contributed by atoms with E-state index in [0.29, 0.717) is 17.9 Å². The van der Waals surface area contributed by atoms with Crippen LogP contribution in [0.5, 0.6) is 0 Å². The topological polar surface area (TPSA) is 134 Å². The fourth-order valence-corrected chi connectivity index (χ4v) is 4.05. The van der Waals surface area contributed by atoms with Gasteiger partial charge in [0.1, 0.15) is 16.4 Å². The average Bonchev–Trinajstić information content (AvgIpc) is 3.06. The molecule has 0 aliphatic carbocycles. The summed E-state index contributed by atoms with van der Waals surface area (Å²) in [6.07, 6.45) is 0.450. The van der Waals surface area contributed by atoms with Crippen LogP contribution in [0.3, 0.4) is 0 Å². The van der Waals surface area contributed by atoms with E-state index < -0.39 is 14.8 Å². The average molecular weight is 312 g/mol. The van der Waals surface area contributed by atoms with Gasteiger partial charge in [-0.05, 0) is 12.5 Å². The molecule has 3 heterocycles. The lowest BCUT2D eigenvalue weighted by atomic mass is 10.3. The summed E-state index contributed by atoms with van der Waals surface area (Å²) in [7, 11) is -3.05. The van der Waals surface area contributed by atoms with Crippen molar-refractivity contribution in [3.05, 3.63) is 28.3 Å². The maximum Gasteiger partial charge on any atom is 0.433 e. The van der Waals surface area contributed by atoms with Crippen molar-refractivity contribution < 1.29 is 17.8 Å². The van der Waals surface area contributed by atoms with Crippen LogP contribution in [0.1, 0.15) is 12.5 Å². The van der Waals surface area contributed by atoms with Crippen LogP contribution in [-0.4, -0.2) is 34.6 Å². The highest BCUT2D eigenvalue weighted by atomic mass is 32.2. The second-order valence-corrected chi connectivity index (χ2v) is 7.08. The number of hydrogen-bond donors (Lipinski definition) is 1. The van der Waals surface area contributed by atoms with Crippen molar-refractivity contribution in [1.29, 1.82) is 0 Å². The van der Waals surface area contributed by atoms with Gasteiger partial charge in [-0.2, -0.15) is 5.10 Å². The van der Waals surface area contributed by atoms with Gasteiger partial charge in [0.25, 0.3) is 0 Å². The summed E-state index contributed by atoms with van der Waals surface area (Å²) in [5.41, 5.74) is 6.18. The predicted molar refractivity (Wildman–Crippen MR) is 73.3 cm³/mol. The second kappa shape index (κ2) is 4.58. The van der Waals surface area contributed by atoms with E-state index in [-0.39, 0.29) is 29.2 Å². The first-order valence-electron chi connectivity index (χ1n) is 6.16. The number of furan rings is 1. The number of nitro groups is 1. The van der Waals surface area contributed by atoms with E-state index in [0.717, 1.165) is 0 Å². The molecular formula is C11H12N4O5S. The maximum atomic E-state index is 11.5. The summed E-state index contributed by atoms with van der Waals surface area (Å²) >= 11 is 0. The summed E-state index contributed by atoms with van der Waals surface area (Å²) in [6, 6.07) is 3.85. The molecule has 1 fully saturated rings. The zero-order chi connectivity index (χ0) is 15.2. The van der Waals surface area contributed by atoms with Gasteiger partial charge in [-0.25, -0.2) is 13.1 Å². The minimum absolute atomic E-state index is 0.00335. The zero-order valence-electron chi connectivity index (χ0n) is 10.8. The monoisotopic (exact) mass is 312 g/mol. The van der Waals surface area contributed by atoms with Crippen LogP contribution in [0.15, 0.2) is 22.6 Å². The molecule has 9 nitrogen and oxygen atoms in total. The van der Waals surface area contributed by atoms with Crippen molar-refractivity contribution in [1.82, 2.24) is 9.78 Å². The standard InChI is InChI=1S/C11H12N4O5S/c12-10-5-8(9-1-2-11(20-9)15(16)17)13-14(10)7-3-4-21(18,19)6-7/h1-2,5,7H,3-4,6,12H2. The van der Waals surface area contributed by atoms with E-state index in [1.165, 1.54) is 22.9 Å². The summed E-state index contributed by atoms with van der Waals surface area (Å²) < 4.78 is 29.5. The highest BCUT2D eigenvalue weighted by Gasteiger charge is 2.31. The molecule has 0 aromatic carbocycles. The molecule has 10 heteroatoms. The van der Waals surface area contributed by atoms with Crippen LogP contribution in [0.2, 0.25) is 0 Å². The van der Waals surface area contributed by atoms with Gasteiger partial charge in [0.2, 0.25) is 0 Å². The van der Waals surface area contributed by atoms with Crippen LogP contribution < -0.4 is 5.73 Å². The van der Waals surface area contributed by atoms with E-state index in [9.17, 15) is 18.5 Å². The van der Waals surface area contributed by atoms with Crippen LogP contribution in [0, 0.1) is 10.1 Å². The fraction of sp³-hybridized carbons (Fsp3) is 0.364. The van der Waals surface area contributed by atoms with Gasteiger partial charge >= 0.3 is 5.88 Å². The first-order chi connectivity index (χ1) is 9.85. The van der Waals surface area contributed by atoms with Crippen molar-refractivity contribution in [2.24, 2.45) is 0 Å². The lowest BCUT2D eigenvalue weighted by molar-refractivity contribution is -0.401. The molecule has 0 amide bonds. The molecule has 0 spiro atoms. The van der Waals surface area contributed by atoms with Crippen LogP contribution in [-0.2, 0) is 9.84 Å². The van der Waals surface area contributed by atoms with Crippen LogP contribution in [0.25, 0.3) is 11.5 Å². The maximum absolute atomic E-state index is 11.5. The van der Waals surface area contributed by atoms with Gasteiger partial charge in [0, 0.05) is 6.07 Å². The highest BCUT2D eigenvalue weighted by molar-refractivity contribution is 7.91. The molecule has 1 aliphatic rings. The minimum atomic E-state index is -3.05. The summed E-state index contributed by atoms with van der Waals surface area (Å²) in [6.45, 7) is 0. The molecule has 0 bridgehead atoms. The number of nitrogen functional groups attached to an aromatic ring is 1. The molecule has 0 saturated carbocycles. The quantitative estimate of drug-likeness (QED) is 0.659. The van der Waals surface area contributed by atoms with E-state index in [1.807, 2.05) is 0 Å². The normalized spacial score (nSPS) is 20.7. The molecule has 3 rings (SSSR count). The minimum Gasteiger partial charge on any atom is -0.399 e.